The van der Waals surface area contributed by atoms with Crippen molar-refractivity contribution < 1.29 is 9.90 Å². The van der Waals surface area contributed by atoms with Crippen LogP contribution in [0.2, 0.25) is 5.02 Å². The van der Waals surface area contributed by atoms with E-state index >= 15 is 0 Å². The van der Waals surface area contributed by atoms with Gasteiger partial charge in [0.05, 0.1) is 6.61 Å². The monoisotopic (exact) mass is 292 g/mol. The van der Waals surface area contributed by atoms with E-state index in [0.717, 1.165) is 5.69 Å². The Balaban J connectivity index is 2.25. The van der Waals surface area contributed by atoms with Crippen molar-refractivity contribution in [1.29, 1.82) is 0 Å². The Morgan fingerprint density at radius 1 is 1.40 bits per heavy atom. The van der Waals surface area contributed by atoms with Gasteiger partial charge in [0.25, 0.3) is 0 Å². The standard InChI is InChI=1S/C15H17ClN2O2/c1-18-8-11(6-14(18)7-13(17)9-19)15(20)10-3-2-4-12(16)5-10/h2-6,8,13,19H,7,9,17H2,1H3. The first-order chi connectivity index (χ1) is 9.51. The summed E-state index contributed by atoms with van der Waals surface area (Å²) < 4.78 is 1.85. The molecule has 0 spiro atoms. The summed E-state index contributed by atoms with van der Waals surface area (Å²) in [5, 5.41) is 9.53. The number of aliphatic hydroxyl groups excluding tert-OH is 1. The SMILES string of the molecule is Cn1cc(C(=O)c2cccc(Cl)c2)cc1CC(N)CO. The van der Waals surface area contributed by atoms with Crippen LogP contribution in [0.25, 0.3) is 0 Å². The van der Waals surface area contributed by atoms with Gasteiger partial charge in [0.2, 0.25) is 0 Å². The van der Waals surface area contributed by atoms with E-state index in [9.17, 15) is 4.79 Å². The molecule has 1 atom stereocenters. The number of hydrogen-bond acceptors (Lipinski definition) is 3. The van der Waals surface area contributed by atoms with Crippen molar-refractivity contribution in [2.75, 3.05) is 6.61 Å². The lowest BCUT2D eigenvalue weighted by Gasteiger charge is -2.08. The highest BCUT2D eigenvalue weighted by molar-refractivity contribution is 6.31. The molecule has 0 saturated carbocycles. The molecular weight excluding hydrogens is 276 g/mol. The molecule has 0 aliphatic heterocycles. The van der Waals surface area contributed by atoms with E-state index in [2.05, 4.69) is 0 Å². The molecule has 0 amide bonds. The van der Waals surface area contributed by atoms with Gasteiger partial charge in [-0.2, -0.15) is 0 Å². The quantitative estimate of drug-likeness (QED) is 0.825. The van der Waals surface area contributed by atoms with E-state index in [0.29, 0.717) is 22.6 Å². The van der Waals surface area contributed by atoms with E-state index < -0.39 is 0 Å². The van der Waals surface area contributed by atoms with Crippen molar-refractivity contribution in [3.8, 4) is 0 Å². The van der Waals surface area contributed by atoms with Crippen LogP contribution in [0.3, 0.4) is 0 Å². The minimum atomic E-state index is -0.322. The zero-order valence-corrected chi connectivity index (χ0v) is 12.0. The van der Waals surface area contributed by atoms with Crippen molar-refractivity contribution in [3.63, 3.8) is 0 Å². The third-order valence-electron chi connectivity index (χ3n) is 3.16. The molecule has 4 nitrogen and oxygen atoms in total. The maximum atomic E-state index is 12.4. The van der Waals surface area contributed by atoms with Crippen molar-refractivity contribution in [3.05, 3.63) is 58.4 Å². The van der Waals surface area contributed by atoms with Gasteiger partial charge >= 0.3 is 0 Å². The summed E-state index contributed by atoms with van der Waals surface area (Å²) in [6, 6.07) is 8.35. The normalized spacial score (nSPS) is 12.4. The number of nitrogens with two attached hydrogens (primary N) is 1. The molecule has 20 heavy (non-hydrogen) atoms. The summed E-state index contributed by atoms with van der Waals surface area (Å²) in [7, 11) is 1.86. The van der Waals surface area contributed by atoms with Gasteiger partial charge in [-0.25, -0.2) is 0 Å². The fraction of sp³-hybridized carbons (Fsp3) is 0.267. The summed E-state index contributed by atoms with van der Waals surface area (Å²) in [6.07, 6.45) is 2.29. The second kappa shape index (κ2) is 6.22. The number of hydrogen-bond donors (Lipinski definition) is 2. The molecule has 0 fully saturated rings. The summed E-state index contributed by atoms with van der Waals surface area (Å²) in [4.78, 5) is 12.4. The molecule has 1 unspecified atom stereocenters. The maximum Gasteiger partial charge on any atom is 0.194 e. The predicted octanol–water partition coefficient (Wildman–Crippen LogP) is 1.77. The molecule has 2 aromatic rings. The minimum Gasteiger partial charge on any atom is -0.395 e. The van der Waals surface area contributed by atoms with Gasteiger partial charge in [-0.05, 0) is 18.2 Å². The van der Waals surface area contributed by atoms with Crippen LogP contribution in [0.4, 0.5) is 0 Å². The molecular formula is C15H17ClN2O2. The largest absolute Gasteiger partial charge is 0.395 e. The van der Waals surface area contributed by atoms with Crippen molar-refractivity contribution in [1.82, 2.24) is 4.57 Å². The van der Waals surface area contributed by atoms with E-state index in [1.54, 1.807) is 36.5 Å². The minimum absolute atomic E-state index is 0.0769. The highest BCUT2D eigenvalue weighted by Gasteiger charge is 2.14. The number of carbonyl (C=O) groups is 1. The van der Waals surface area contributed by atoms with Crippen LogP contribution in [0.5, 0.6) is 0 Å². The lowest BCUT2D eigenvalue weighted by atomic mass is 10.1. The Hall–Kier alpha value is -1.62. The molecule has 1 aromatic heterocycles. The summed E-state index contributed by atoms with van der Waals surface area (Å²) in [5.41, 5.74) is 7.79. The number of aliphatic hydroxyl groups is 1. The second-order valence-electron chi connectivity index (χ2n) is 4.82. The zero-order valence-electron chi connectivity index (χ0n) is 11.2. The van der Waals surface area contributed by atoms with Crippen molar-refractivity contribution >= 4 is 17.4 Å². The van der Waals surface area contributed by atoms with Crippen molar-refractivity contribution in [2.45, 2.75) is 12.5 Å². The van der Waals surface area contributed by atoms with Crippen LogP contribution in [0.15, 0.2) is 36.5 Å². The van der Waals surface area contributed by atoms with Crippen molar-refractivity contribution in [2.24, 2.45) is 12.8 Å². The molecule has 1 aromatic carbocycles. The molecule has 0 aliphatic rings. The first-order valence-corrected chi connectivity index (χ1v) is 6.71. The fourth-order valence-electron chi connectivity index (χ4n) is 2.07. The predicted molar refractivity (Wildman–Crippen MR) is 79.1 cm³/mol. The van der Waals surface area contributed by atoms with Crippen LogP contribution >= 0.6 is 11.6 Å². The Labute approximate surface area is 122 Å². The molecule has 3 N–H and O–H groups in total. The molecule has 0 radical (unpaired) electrons. The highest BCUT2D eigenvalue weighted by atomic mass is 35.5. The van der Waals surface area contributed by atoms with E-state index in [-0.39, 0.29) is 18.4 Å². The average Bonchev–Trinajstić information content (AvgIpc) is 2.79. The lowest BCUT2D eigenvalue weighted by Crippen LogP contribution is -2.27. The topological polar surface area (TPSA) is 68.2 Å². The van der Waals surface area contributed by atoms with E-state index in [1.165, 1.54) is 0 Å². The van der Waals surface area contributed by atoms with Gasteiger partial charge in [-0.15, -0.1) is 0 Å². The highest BCUT2D eigenvalue weighted by Crippen LogP contribution is 2.17. The van der Waals surface area contributed by atoms with Crippen LogP contribution in [-0.4, -0.2) is 28.1 Å². The van der Waals surface area contributed by atoms with Gasteiger partial charge in [-0.3, -0.25) is 4.79 Å². The Morgan fingerprint density at radius 2 is 2.15 bits per heavy atom. The number of benzene rings is 1. The van der Waals surface area contributed by atoms with Crippen LogP contribution in [-0.2, 0) is 13.5 Å². The maximum absolute atomic E-state index is 12.4. The lowest BCUT2D eigenvalue weighted by molar-refractivity contribution is 0.103. The number of ketones is 1. The van der Waals surface area contributed by atoms with Gasteiger partial charge in [0, 0.05) is 47.6 Å². The summed E-state index contributed by atoms with van der Waals surface area (Å²) in [6.45, 7) is -0.0806. The van der Waals surface area contributed by atoms with Gasteiger partial charge in [0.15, 0.2) is 5.78 Å². The third-order valence-corrected chi connectivity index (χ3v) is 3.40. The molecule has 2 rings (SSSR count). The van der Waals surface area contributed by atoms with E-state index in [1.807, 2.05) is 11.6 Å². The Kier molecular flexibility index (Phi) is 4.60. The summed E-state index contributed by atoms with van der Waals surface area (Å²) >= 11 is 5.90. The first-order valence-electron chi connectivity index (χ1n) is 6.33. The third kappa shape index (κ3) is 3.28. The number of halogens is 1. The molecule has 5 heteroatoms. The smallest absolute Gasteiger partial charge is 0.194 e. The number of aryl methyl sites for hydroxylation is 1. The fourth-order valence-corrected chi connectivity index (χ4v) is 2.26. The first kappa shape index (κ1) is 14.8. The number of aromatic nitrogens is 1. The number of carbonyl (C=O) groups excluding carboxylic acids is 1. The molecule has 106 valence electrons. The zero-order chi connectivity index (χ0) is 14.7. The summed E-state index contributed by atoms with van der Waals surface area (Å²) in [5.74, 6) is -0.0769. The Morgan fingerprint density at radius 3 is 2.80 bits per heavy atom. The van der Waals surface area contributed by atoms with Gasteiger partial charge < -0.3 is 15.4 Å². The van der Waals surface area contributed by atoms with E-state index in [4.69, 9.17) is 22.4 Å². The molecule has 0 saturated heterocycles. The number of nitrogens with zero attached hydrogens (tertiary/aromatic N) is 1. The van der Waals surface area contributed by atoms with Gasteiger partial charge in [0.1, 0.15) is 0 Å². The second-order valence-corrected chi connectivity index (χ2v) is 5.25. The molecule has 0 bridgehead atoms. The molecule has 1 heterocycles. The van der Waals surface area contributed by atoms with Gasteiger partial charge in [-0.1, -0.05) is 23.7 Å². The average molecular weight is 293 g/mol. The molecule has 0 aliphatic carbocycles. The number of rotatable bonds is 5. The van der Waals surface area contributed by atoms with Crippen LogP contribution < -0.4 is 5.73 Å². The Bertz CT molecular complexity index is 622. The van der Waals surface area contributed by atoms with Crippen LogP contribution in [0, 0.1) is 0 Å². The van der Waals surface area contributed by atoms with Crippen LogP contribution in [0.1, 0.15) is 21.6 Å².